The van der Waals surface area contributed by atoms with Crippen LogP contribution in [0.4, 0.5) is 10.1 Å². The molecule has 0 saturated heterocycles. The van der Waals surface area contributed by atoms with Gasteiger partial charge in [0.1, 0.15) is 35.0 Å². The number of hydrogen-bond donors (Lipinski definition) is 1. The van der Waals surface area contributed by atoms with E-state index in [0.717, 1.165) is 0 Å². The largest absolute Gasteiger partial charge is 0.497 e. The van der Waals surface area contributed by atoms with Crippen molar-refractivity contribution >= 4 is 5.69 Å². The molecule has 1 N–H and O–H groups in total. The summed E-state index contributed by atoms with van der Waals surface area (Å²) in [7, 11) is 1.56. The van der Waals surface area contributed by atoms with Crippen molar-refractivity contribution in [2.75, 3.05) is 12.4 Å². The molecule has 0 aliphatic rings. The fraction of sp³-hybridized carbons (Fsp3) is 0.0588. The van der Waals surface area contributed by atoms with Gasteiger partial charge in [-0.3, -0.25) is 0 Å². The molecule has 0 aromatic heterocycles. The van der Waals surface area contributed by atoms with Gasteiger partial charge in [-0.1, -0.05) is 0 Å². The van der Waals surface area contributed by atoms with Crippen LogP contribution in [-0.2, 0) is 0 Å². The van der Waals surface area contributed by atoms with E-state index in [4.69, 9.17) is 20.0 Å². The van der Waals surface area contributed by atoms with Crippen molar-refractivity contribution in [3.63, 3.8) is 0 Å². The molecule has 0 aliphatic heterocycles. The van der Waals surface area contributed by atoms with Crippen LogP contribution in [0.2, 0.25) is 0 Å². The lowest BCUT2D eigenvalue weighted by atomic mass is 10.2. The van der Waals surface area contributed by atoms with Gasteiger partial charge >= 0.3 is 0 Å². The van der Waals surface area contributed by atoms with Gasteiger partial charge in [0.2, 0.25) is 0 Å². The van der Waals surface area contributed by atoms with Gasteiger partial charge in [0.15, 0.2) is 5.75 Å². The highest BCUT2D eigenvalue weighted by molar-refractivity contribution is 5.60. The molecule has 0 saturated carbocycles. The number of rotatable bonds is 5. The number of nitrogens with one attached hydrogen (secondary N) is 1. The first-order valence-electron chi connectivity index (χ1n) is 6.54. The predicted molar refractivity (Wildman–Crippen MR) is 82.4 cm³/mol. The summed E-state index contributed by atoms with van der Waals surface area (Å²) in [4.78, 5) is 0. The number of halogens is 1. The summed E-state index contributed by atoms with van der Waals surface area (Å²) in [6, 6.07) is 14.2. The molecule has 6 heteroatoms. The number of hydrogen-bond acceptors (Lipinski definition) is 5. The highest BCUT2D eigenvalue weighted by Crippen LogP contribution is 2.31. The van der Waals surface area contributed by atoms with Gasteiger partial charge < -0.3 is 14.8 Å². The quantitative estimate of drug-likeness (QED) is 0.845. The SMILES string of the molecule is COc1ccc(Oc2ccc(F)cc2NC=C(C#N)C#N)cc1. The fourth-order valence-electron chi connectivity index (χ4n) is 1.71. The molecule has 0 aliphatic carbocycles. The Hall–Kier alpha value is -3.51. The maximum Gasteiger partial charge on any atom is 0.151 e. The molecule has 5 nitrogen and oxygen atoms in total. The van der Waals surface area contributed by atoms with Gasteiger partial charge in [-0.25, -0.2) is 4.39 Å². The van der Waals surface area contributed by atoms with E-state index in [-0.39, 0.29) is 5.57 Å². The Morgan fingerprint density at radius 1 is 1.09 bits per heavy atom. The Bertz CT molecular complexity index is 786. The zero-order valence-electron chi connectivity index (χ0n) is 12.2. The third-order valence-electron chi connectivity index (χ3n) is 2.84. The Morgan fingerprint density at radius 3 is 2.35 bits per heavy atom. The minimum atomic E-state index is -0.474. The molecular weight excluding hydrogens is 297 g/mol. The molecule has 0 unspecified atom stereocenters. The minimum Gasteiger partial charge on any atom is -0.497 e. The van der Waals surface area contributed by atoms with Crippen LogP contribution in [0, 0.1) is 28.5 Å². The first-order chi connectivity index (χ1) is 11.2. The highest BCUT2D eigenvalue weighted by atomic mass is 19.1. The van der Waals surface area contributed by atoms with E-state index in [1.807, 2.05) is 0 Å². The Kier molecular flexibility index (Phi) is 5.16. The lowest BCUT2D eigenvalue weighted by molar-refractivity contribution is 0.413. The molecule has 114 valence electrons. The first kappa shape index (κ1) is 15.9. The maximum absolute atomic E-state index is 13.4. The molecule has 0 atom stereocenters. The summed E-state index contributed by atoms with van der Waals surface area (Å²) < 4.78 is 24.2. The molecule has 0 fully saturated rings. The van der Waals surface area contributed by atoms with Crippen molar-refractivity contribution in [2.24, 2.45) is 0 Å². The third-order valence-corrected chi connectivity index (χ3v) is 2.84. The molecular formula is C17H12FN3O2. The van der Waals surface area contributed by atoms with E-state index in [0.29, 0.717) is 22.9 Å². The van der Waals surface area contributed by atoms with E-state index >= 15 is 0 Å². The maximum atomic E-state index is 13.4. The average molecular weight is 309 g/mol. The summed E-state index contributed by atoms with van der Waals surface area (Å²) >= 11 is 0. The van der Waals surface area contributed by atoms with Gasteiger partial charge in [0, 0.05) is 12.3 Å². The van der Waals surface area contributed by atoms with Gasteiger partial charge in [0.05, 0.1) is 12.8 Å². The monoisotopic (exact) mass is 309 g/mol. The van der Waals surface area contributed by atoms with Crippen LogP contribution in [0.15, 0.2) is 54.2 Å². The molecule has 0 amide bonds. The lowest BCUT2D eigenvalue weighted by Crippen LogP contribution is -1.95. The third kappa shape index (κ3) is 4.23. The van der Waals surface area contributed by atoms with Gasteiger partial charge in [-0.05, 0) is 36.4 Å². The minimum absolute atomic E-state index is 0.135. The first-order valence-corrected chi connectivity index (χ1v) is 6.54. The second-order valence-corrected chi connectivity index (χ2v) is 4.34. The summed E-state index contributed by atoms with van der Waals surface area (Å²) in [5.41, 5.74) is 0.161. The molecule has 0 heterocycles. The van der Waals surface area contributed by atoms with Gasteiger partial charge in [-0.2, -0.15) is 10.5 Å². The normalized spacial score (nSPS) is 9.22. The smallest absolute Gasteiger partial charge is 0.151 e. The number of allylic oxidation sites excluding steroid dienone is 1. The fourth-order valence-corrected chi connectivity index (χ4v) is 1.71. The second kappa shape index (κ2) is 7.48. The summed E-state index contributed by atoms with van der Waals surface area (Å²) in [5, 5.41) is 20.1. The molecule has 23 heavy (non-hydrogen) atoms. The Labute approximate surface area is 132 Å². The zero-order valence-corrected chi connectivity index (χ0v) is 12.2. The van der Waals surface area contributed by atoms with Crippen LogP contribution < -0.4 is 14.8 Å². The highest BCUT2D eigenvalue weighted by Gasteiger charge is 2.07. The van der Waals surface area contributed by atoms with Crippen LogP contribution in [0.25, 0.3) is 0 Å². The van der Waals surface area contributed by atoms with E-state index in [1.165, 1.54) is 24.4 Å². The molecule has 2 rings (SSSR count). The van der Waals surface area contributed by atoms with Crippen LogP contribution in [-0.4, -0.2) is 7.11 Å². The van der Waals surface area contributed by atoms with Crippen molar-refractivity contribution in [1.82, 2.24) is 0 Å². The number of nitriles is 2. The average Bonchev–Trinajstić information content (AvgIpc) is 2.58. The lowest BCUT2D eigenvalue weighted by Gasteiger charge is -2.11. The van der Waals surface area contributed by atoms with Gasteiger partial charge in [0.25, 0.3) is 0 Å². The second-order valence-electron chi connectivity index (χ2n) is 4.34. The molecule has 0 radical (unpaired) electrons. The number of anilines is 1. The van der Waals surface area contributed by atoms with E-state index in [1.54, 1.807) is 43.5 Å². The van der Waals surface area contributed by atoms with Crippen LogP contribution in [0.5, 0.6) is 17.2 Å². The van der Waals surface area contributed by atoms with Crippen molar-refractivity contribution in [2.45, 2.75) is 0 Å². The van der Waals surface area contributed by atoms with Crippen LogP contribution >= 0.6 is 0 Å². The van der Waals surface area contributed by atoms with Gasteiger partial charge in [-0.15, -0.1) is 0 Å². The Morgan fingerprint density at radius 2 is 1.74 bits per heavy atom. The standard InChI is InChI=1S/C17H12FN3O2/c1-22-14-3-5-15(6-4-14)23-17-7-2-13(18)8-16(17)21-11-12(9-19)10-20/h2-8,11,21H,1H3. The topological polar surface area (TPSA) is 78.1 Å². The van der Waals surface area contributed by atoms with Crippen molar-refractivity contribution in [3.8, 4) is 29.4 Å². The summed E-state index contributed by atoms with van der Waals surface area (Å²) in [6.45, 7) is 0. The van der Waals surface area contributed by atoms with E-state index < -0.39 is 5.82 Å². The number of nitrogens with zero attached hydrogens (tertiary/aromatic N) is 2. The van der Waals surface area contributed by atoms with Crippen molar-refractivity contribution in [1.29, 1.82) is 10.5 Å². The zero-order chi connectivity index (χ0) is 16.7. The number of benzene rings is 2. The number of methoxy groups -OCH3 is 1. The van der Waals surface area contributed by atoms with Crippen LogP contribution in [0.1, 0.15) is 0 Å². The van der Waals surface area contributed by atoms with Crippen LogP contribution in [0.3, 0.4) is 0 Å². The predicted octanol–water partition coefficient (Wildman–Crippen LogP) is 3.97. The molecule has 2 aromatic carbocycles. The molecule has 0 spiro atoms. The van der Waals surface area contributed by atoms with E-state index in [9.17, 15) is 4.39 Å². The summed E-state index contributed by atoms with van der Waals surface area (Å²) in [6.07, 6.45) is 1.19. The Balaban J connectivity index is 2.26. The van der Waals surface area contributed by atoms with Crippen molar-refractivity contribution in [3.05, 3.63) is 60.1 Å². The molecule has 0 bridgehead atoms. The number of ether oxygens (including phenoxy) is 2. The molecule has 2 aromatic rings. The summed E-state index contributed by atoms with van der Waals surface area (Å²) in [5.74, 6) is 1.09. The van der Waals surface area contributed by atoms with E-state index in [2.05, 4.69) is 5.32 Å². The van der Waals surface area contributed by atoms with Crippen molar-refractivity contribution < 1.29 is 13.9 Å².